The topological polar surface area (TPSA) is 91.8 Å². The van der Waals surface area contributed by atoms with Crippen molar-refractivity contribution in [3.8, 4) is 0 Å². The van der Waals surface area contributed by atoms with Crippen LogP contribution in [-0.4, -0.2) is 49.1 Å². The van der Waals surface area contributed by atoms with Crippen LogP contribution in [-0.2, 0) is 20.4 Å². The van der Waals surface area contributed by atoms with E-state index in [0.717, 1.165) is 6.26 Å². The number of likely N-dealkylation sites (tertiary alicyclic amines) is 1. The largest absolute Gasteiger partial charge is 0.480 e. The van der Waals surface area contributed by atoms with Crippen molar-refractivity contribution in [1.29, 1.82) is 0 Å². The number of aliphatic carboxylic acids is 1. The first-order valence-electron chi connectivity index (χ1n) is 6.58. The Morgan fingerprint density at radius 2 is 1.90 bits per heavy atom. The molecule has 1 heterocycles. The molecule has 1 N–H and O–H groups in total. The summed E-state index contributed by atoms with van der Waals surface area (Å²) in [6.45, 7) is 0.431. The molecular formula is C14H17NO5S. The fourth-order valence-corrected chi connectivity index (χ4v) is 3.28. The van der Waals surface area contributed by atoms with Crippen LogP contribution in [0.1, 0.15) is 28.8 Å². The zero-order valence-electron chi connectivity index (χ0n) is 11.7. The maximum Gasteiger partial charge on any atom is 0.326 e. The standard InChI is InChI=1S/C14H17NO5S/c1-21(19,20)9-10-4-6-11(7-5-10)13(16)15-8-2-3-12(15)14(17)18/h4-7,12H,2-3,8-9H2,1H3,(H,17,18)/t12-/m0/s1. The fraction of sp³-hybridized carbons (Fsp3) is 0.429. The highest BCUT2D eigenvalue weighted by Crippen LogP contribution is 2.20. The number of benzene rings is 1. The van der Waals surface area contributed by atoms with E-state index in [9.17, 15) is 18.0 Å². The third-order valence-electron chi connectivity index (χ3n) is 3.43. The molecule has 0 aliphatic carbocycles. The highest BCUT2D eigenvalue weighted by Gasteiger charge is 2.34. The van der Waals surface area contributed by atoms with Gasteiger partial charge in [0.1, 0.15) is 6.04 Å². The molecule has 1 aromatic rings. The summed E-state index contributed by atoms with van der Waals surface area (Å²) < 4.78 is 22.4. The molecule has 1 aromatic carbocycles. The van der Waals surface area contributed by atoms with Crippen molar-refractivity contribution in [2.45, 2.75) is 24.6 Å². The second kappa shape index (κ2) is 5.85. The minimum absolute atomic E-state index is 0.0804. The molecule has 7 heteroatoms. The average molecular weight is 311 g/mol. The van der Waals surface area contributed by atoms with Gasteiger partial charge in [-0.3, -0.25) is 4.79 Å². The van der Waals surface area contributed by atoms with E-state index in [0.29, 0.717) is 30.5 Å². The van der Waals surface area contributed by atoms with Gasteiger partial charge in [-0.1, -0.05) is 12.1 Å². The van der Waals surface area contributed by atoms with Crippen LogP contribution < -0.4 is 0 Å². The van der Waals surface area contributed by atoms with Crippen LogP contribution in [0.5, 0.6) is 0 Å². The number of rotatable bonds is 4. The lowest BCUT2D eigenvalue weighted by Crippen LogP contribution is -2.40. The molecule has 114 valence electrons. The van der Waals surface area contributed by atoms with Gasteiger partial charge in [0.25, 0.3) is 5.91 Å². The van der Waals surface area contributed by atoms with Crippen molar-refractivity contribution < 1.29 is 23.1 Å². The predicted molar refractivity (Wildman–Crippen MR) is 76.7 cm³/mol. The Kier molecular flexibility index (Phi) is 4.32. The molecule has 0 unspecified atom stereocenters. The minimum Gasteiger partial charge on any atom is -0.480 e. The van der Waals surface area contributed by atoms with Crippen molar-refractivity contribution in [2.75, 3.05) is 12.8 Å². The molecule has 1 aliphatic rings. The van der Waals surface area contributed by atoms with Crippen molar-refractivity contribution in [1.82, 2.24) is 4.90 Å². The Labute approximate surface area is 123 Å². The second-order valence-electron chi connectivity index (χ2n) is 5.26. The highest BCUT2D eigenvalue weighted by molar-refractivity contribution is 7.89. The first-order valence-corrected chi connectivity index (χ1v) is 8.64. The number of nitrogens with zero attached hydrogens (tertiary/aromatic N) is 1. The van der Waals surface area contributed by atoms with E-state index in [1.165, 1.54) is 4.90 Å². The molecule has 0 bridgehead atoms. The number of carbonyl (C=O) groups excluding carboxylic acids is 1. The number of carbonyl (C=O) groups is 2. The third-order valence-corrected chi connectivity index (χ3v) is 4.29. The van der Waals surface area contributed by atoms with Crippen LogP contribution in [0.4, 0.5) is 0 Å². The molecule has 1 atom stereocenters. The smallest absolute Gasteiger partial charge is 0.326 e. The molecule has 0 saturated carbocycles. The number of hydrogen-bond donors (Lipinski definition) is 1. The molecule has 0 aromatic heterocycles. The molecule has 21 heavy (non-hydrogen) atoms. The summed E-state index contributed by atoms with van der Waals surface area (Å²) in [5, 5.41) is 9.09. The zero-order valence-corrected chi connectivity index (χ0v) is 12.5. The number of carboxylic acid groups (broad SMARTS) is 1. The Bertz CT molecular complexity index is 650. The molecule has 1 amide bonds. The SMILES string of the molecule is CS(=O)(=O)Cc1ccc(C(=O)N2CCC[C@H]2C(=O)O)cc1. The highest BCUT2D eigenvalue weighted by atomic mass is 32.2. The van der Waals surface area contributed by atoms with E-state index in [-0.39, 0.29) is 11.7 Å². The van der Waals surface area contributed by atoms with Crippen LogP contribution >= 0.6 is 0 Å². The van der Waals surface area contributed by atoms with Gasteiger partial charge in [0, 0.05) is 18.4 Å². The Morgan fingerprint density at radius 1 is 1.29 bits per heavy atom. The lowest BCUT2D eigenvalue weighted by atomic mass is 10.1. The van der Waals surface area contributed by atoms with Gasteiger partial charge < -0.3 is 10.0 Å². The number of amides is 1. The minimum atomic E-state index is -3.12. The van der Waals surface area contributed by atoms with Crippen molar-refractivity contribution >= 4 is 21.7 Å². The zero-order chi connectivity index (χ0) is 15.6. The summed E-state index contributed by atoms with van der Waals surface area (Å²) in [7, 11) is -3.12. The van der Waals surface area contributed by atoms with Gasteiger partial charge in [-0.2, -0.15) is 0 Å². The van der Waals surface area contributed by atoms with Crippen LogP contribution in [0.25, 0.3) is 0 Å². The van der Waals surface area contributed by atoms with Crippen molar-refractivity contribution in [3.63, 3.8) is 0 Å². The molecule has 1 saturated heterocycles. The first kappa shape index (κ1) is 15.5. The van der Waals surface area contributed by atoms with Crippen LogP contribution in [0.15, 0.2) is 24.3 Å². The number of sulfone groups is 1. The Morgan fingerprint density at radius 3 is 2.43 bits per heavy atom. The van der Waals surface area contributed by atoms with Crippen LogP contribution in [0, 0.1) is 0 Å². The summed E-state index contributed by atoms with van der Waals surface area (Å²) in [5.41, 5.74) is 0.977. The Hall–Kier alpha value is -1.89. The van der Waals surface area contributed by atoms with Crippen LogP contribution in [0.2, 0.25) is 0 Å². The van der Waals surface area contributed by atoms with Gasteiger partial charge in [0.2, 0.25) is 0 Å². The second-order valence-corrected chi connectivity index (χ2v) is 7.40. The molecule has 1 fully saturated rings. The predicted octanol–water partition coefficient (Wildman–Crippen LogP) is 0.920. The lowest BCUT2D eigenvalue weighted by Gasteiger charge is -2.21. The van der Waals surface area contributed by atoms with E-state index in [1.54, 1.807) is 24.3 Å². The van der Waals surface area contributed by atoms with Gasteiger partial charge in [0.15, 0.2) is 9.84 Å². The summed E-state index contributed by atoms with van der Waals surface area (Å²) in [4.78, 5) is 24.8. The first-order chi connectivity index (χ1) is 9.78. The van der Waals surface area contributed by atoms with Crippen LogP contribution in [0.3, 0.4) is 0 Å². The molecule has 0 spiro atoms. The maximum absolute atomic E-state index is 12.3. The molecule has 1 aliphatic heterocycles. The summed E-state index contributed by atoms with van der Waals surface area (Å²) in [6, 6.07) is 5.48. The third kappa shape index (κ3) is 3.81. The summed E-state index contributed by atoms with van der Waals surface area (Å²) in [5.74, 6) is -1.40. The van der Waals surface area contributed by atoms with E-state index in [2.05, 4.69) is 0 Å². The monoisotopic (exact) mass is 311 g/mol. The lowest BCUT2D eigenvalue weighted by molar-refractivity contribution is -0.141. The normalized spacial score (nSPS) is 18.7. The van der Waals surface area contributed by atoms with E-state index >= 15 is 0 Å². The van der Waals surface area contributed by atoms with E-state index < -0.39 is 21.8 Å². The Balaban J connectivity index is 2.15. The molecule has 2 rings (SSSR count). The summed E-state index contributed by atoms with van der Waals surface area (Å²) >= 11 is 0. The molecule has 6 nitrogen and oxygen atoms in total. The maximum atomic E-state index is 12.3. The average Bonchev–Trinajstić information content (AvgIpc) is 2.86. The van der Waals surface area contributed by atoms with E-state index in [4.69, 9.17) is 5.11 Å². The van der Waals surface area contributed by atoms with Gasteiger partial charge >= 0.3 is 5.97 Å². The van der Waals surface area contributed by atoms with Gasteiger partial charge in [0.05, 0.1) is 5.75 Å². The quantitative estimate of drug-likeness (QED) is 0.892. The summed E-state index contributed by atoms with van der Waals surface area (Å²) in [6.07, 6.45) is 2.29. The van der Waals surface area contributed by atoms with Gasteiger partial charge in [-0.25, -0.2) is 13.2 Å². The van der Waals surface area contributed by atoms with Crippen molar-refractivity contribution in [2.24, 2.45) is 0 Å². The van der Waals surface area contributed by atoms with Crippen molar-refractivity contribution in [3.05, 3.63) is 35.4 Å². The number of hydrogen-bond acceptors (Lipinski definition) is 4. The molecular weight excluding hydrogens is 294 g/mol. The molecule has 0 radical (unpaired) electrons. The van der Waals surface area contributed by atoms with Gasteiger partial charge in [-0.15, -0.1) is 0 Å². The van der Waals surface area contributed by atoms with E-state index in [1.807, 2.05) is 0 Å². The number of carboxylic acids is 1. The fourth-order valence-electron chi connectivity index (χ4n) is 2.48. The van der Waals surface area contributed by atoms with Gasteiger partial charge in [-0.05, 0) is 30.5 Å².